The summed E-state index contributed by atoms with van der Waals surface area (Å²) in [6.45, 7) is 0. The monoisotopic (exact) mass is 276 g/mol. The van der Waals surface area contributed by atoms with E-state index in [1.165, 1.54) is 12.1 Å². The quantitative estimate of drug-likeness (QED) is 0.792. The van der Waals surface area contributed by atoms with E-state index in [4.69, 9.17) is 22.3 Å². The Morgan fingerprint density at radius 3 is 2.56 bits per heavy atom. The molecule has 0 unspecified atom stereocenters. The maximum Gasteiger partial charge on any atom is 0.261 e. The third-order valence-corrected chi connectivity index (χ3v) is 3.64. The van der Waals surface area contributed by atoms with Crippen molar-refractivity contribution < 1.29 is 8.42 Å². The van der Waals surface area contributed by atoms with Crippen LogP contribution >= 0.6 is 22.3 Å². The highest BCUT2D eigenvalue weighted by molar-refractivity contribution is 8.13. The fourth-order valence-corrected chi connectivity index (χ4v) is 2.37. The Kier molecular flexibility index (Phi) is 2.92. The Hall–Kier alpha value is -1.04. The number of aromatic nitrogens is 2. The molecule has 2 rings (SSSR count). The van der Waals surface area contributed by atoms with Gasteiger partial charge in [-0.15, -0.1) is 0 Å². The standard InChI is InChI=1S/C9H6Cl2N2O2S/c10-8-5-7(16(11,14)15)1-2-9(8)13-4-3-12-6-13/h1-6H. The van der Waals surface area contributed by atoms with E-state index >= 15 is 0 Å². The highest BCUT2D eigenvalue weighted by atomic mass is 35.7. The van der Waals surface area contributed by atoms with E-state index in [-0.39, 0.29) is 4.90 Å². The Morgan fingerprint density at radius 2 is 2.06 bits per heavy atom. The molecule has 0 bridgehead atoms. The topological polar surface area (TPSA) is 52.0 Å². The van der Waals surface area contributed by atoms with Gasteiger partial charge in [0, 0.05) is 23.1 Å². The first-order valence-electron chi connectivity index (χ1n) is 4.21. The molecule has 4 nitrogen and oxygen atoms in total. The number of hydrogen-bond donors (Lipinski definition) is 0. The maximum atomic E-state index is 11.1. The highest BCUT2D eigenvalue weighted by Crippen LogP contribution is 2.25. The van der Waals surface area contributed by atoms with Gasteiger partial charge in [0.05, 0.1) is 21.9 Å². The van der Waals surface area contributed by atoms with E-state index < -0.39 is 9.05 Å². The molecule has 7 heteroatoms. The summed E-state index contributed by atoms with van der Waals surface area (Å²) in [5.74, 6) is 0. The van der Waals surface area contributed by atoms with Crippen LogP contribution < -0.4 is 0 Å². The average Bonchev–Trinajstić information content (AvgIpc) is 2.69. The van der Waals surface area contributed by atoms with Crippen molar-refractivity contribution in [2.75, 3.05) is 0 Å². The van der Waals surface area contributed by atoms with Crippen LogP contribution in [0.4, 0.5) is 0 Å². The molecular formula is C9H6Cl2N2O2S. The molecule has 0 spiro atoms. The van der Waals surface area contributed by atoms with Gasteiger partial charge >= 0.3 is 0 Å². The predicted octanol–water partition coefficient (Wildman–Crippen LogP) is 2.45. The molecule has 0 N–H and O–H groups in total. The molecule has 1 aromatic heterocycles. The number of nitrogens with zero attached hydrogens (tertiary/aromatic N) is 2. The van der Waals surface area contributed by atoms with Crippen LogP contribution in [-0.4, -0.2) is 18.0 Å². The van der Waals surface area contributed by atoms with E-state index in [1.807, 2.05) is 0 Å². The second-order valence-corrected chi connectivity index (χ2v) is 5.99. The van der Waals surface area contributed by atoms with Gasteiger partial charge in [0.15, 0.2) is 0 Å². The molecule has 0 saturated carbocycles. The van der Waals surface area contributed by atoms with E-state index in [9.17, 15) is 8.42 Å². The molecular weight excluding hydrogens is 271 g/mol. The molecule has 0 aliphatic carbocycles. The van der Waals surface area contributed by atoms with Crippen LogP contribution in [-0.2, 0) is 9.05 Å². The van der Waals surface area contributed by atoms with Gasteiger partial charge < -0.3 is 4.57 Å². The Labute approximate surface area is 102 Å². The van der Waals surface area contributed by atoms with Gasteiger partial charge in [-0.25, -0.2) is 13.4 Å². The first-order valence-corrected chi connectivity index (χ1v) is 6.90. The minimum Gasteiger partial charge on any atom is -0.305 e. The van der Waals surface area contributed by atoms with Crippen LogP contribution in [0.5, 0.6) is 0 Å². The fourth-order valence-electron chi connectivity index (χ4n) is 1.25. The molecule has 0 fully saturated rings. The smallest absolute Gasteiger partial charge is 0.261 e. The van der Waals surface area contributed by atoms with Crippen LogP contribution in [0.15, 0.2) is 41.8 Å². The molecule has 0 atom stereocenters. The van der Waals surface area contributed by atoms with Crippen molar-refractivity contribution in [3.63, 3.8) is 0 Å². The lowest BCUT2D eigenvalue weighted by Gasteiger charge is -2.05. The fraction of sp³-hybridized carbons (Fsp3) is 0. The van der Waals surface area contributed by atoms with Crippen molar-refractivity contribution in [3.05, 3.63) is 41.9 Å². The van der Waals surface area contributed by atoms with Crippen molar-refractivity contribution in [2.45, 2.75) is 4.90 Å². The Morgan fingerprint density at radius 1 is 1.31 bits per heavy atom. The molecule has 1 heterocycles. The van der Waals surface area contributed by atoms with Crippen molar-refractivity contribution in [3.8, 4) is 5.69 Å². The zero-order valence-electron chi connectivity index (χ0n) is 7.84. The van der Waals surface area contributed by atoms with E-state index in [1.54, 1.807) is 29.4 Å². The highest BCUT2D eigenvalue weighted by Gasteiger charge is 2.12. The average molecular weight is 277 g/mol. The lowest BCUT2D eigenvalue weighted by atomic mass is 10.3. The lowest BCUT2D eigenvalue weighted by Crippen LogP contribution is -1.95. The summed E-state index contributed by atoms with van der Waals surface area (Å²) in [7, 11) is 1.45. The van der Waals surface area contributed by atoms with E-state index in [2.05, 4.69) is 4.98 Å². The van der Waals surface area contributed by atoms with Crippen LogP contribution in [0, 0.1) is 0 Å². The van der Waals surface area contributed by atoms with Crippen molar-refractivity contribution in [2.24, 2.45) is 0 Å². The number of rotatable bonds is 2. The van der Waals surface area contributed by atoms with Gasteiger partial charge in [-0.2, -0.15) is 0 Å². The van der Waals surface area contributed by atoms with Crippen molar-refractivity contribution in [1.82, 2.24) is 9.55 Å². The summed E-state index contributed by atoms with van der Waals surface area (Å²) >= 11 is 5.96. The third-order valence-electron chi connectivity index (χ3n) is 1.98. The molecule has 2 aromatic rings. The van der Waals surface area contributed by atoms with E-state index in [0.717, 1.165) is 0 Å². The molecule has 0 aliphatic rings. The summed E-state index contributed by atoms with van der Waals surface area (Å²) in [5.41, 5.74) is 0.642. The van der Waals surface area contributed by atoms with Gasteiger partial charge in [-0.1, -0.05) is 11.6 Å². The molecule has 1 aromatic carbocycles. The first-order chi connectivity index (χ1) is 7.48. The molecule has 0 amide bonds. The number of halogens is 2. The van der Waals surface area contributed by atoms with Crippen molar-refractivity contribution >= 4 is 31.3 Å². The second kappa shape index (κ2) is 4.08. The van der Waals surface area contributed by atoms with Gasteiger partial charge in [-0.05, 0) is 18.2 Å². The SMILES string of the molecule is O=S(=O)(Cl)c1ccc(-n2ccnc2)c(Cl)c1. The molecule has 0 aliphatic heterocycles. The zero-order valence-corrected chi connectivity index (χ0v) is 10.2. The minimum atomic E-state index is -3.75. The molecule has 84 valence electrons. The molecule has 0 radical (unpaired) electrons. The van der Waals surface area contributed by atoms with Crippen LogP contribution in [0.2, 0.25) is 5.02 Å². The van der Waals surface area contributed by atoms with Gasteiger partial charge in [0.1, 0.15) is 0 Å². The Bertz CT molecular complexity index is 608. The predicted molar refractivity (Wildman–Crippen MR) is 61.6 cm³/mol. The molecule has 16 heavy (non-hydrogen) atoms. The minimum absolute atomic E-state index is 0.0250. The number of imidazole rings is 1. The van der Waals surface area contributed by atoms with Crippen LogP contribution in [0.3, 0.4) is 0 Å². The largest absolute Gasteiger partial charge is 0.305 e. The summed E-state index contributed by atoms with van der Waals surface area (Å²) in [6.07, 6.45) is 4.87. The summed E-state index contributed by atoms with van der Waals surface area (Å²) in [4.78, 5) is 3.85. The molecule has 0 saturated heterocycles. The van der Waals surface area contributed by atoms with Crippen LogP contribution in [0.1, 0.15) is 0 Å². The summed E-state index contributed by atoms with van der Waals surface area (Å²) in [5, 5.41) is 0.291. The summed E-state index contributed by atoms with van der Waals surface area (Å²) in [6, 6.07) is 4.27. The maximum absolute atomic E-state index is 11.1. The lowest BCUT2D eigenvalue weighted by molar-refractivity contribution is 0.609. The van der Waals surface area contributed by atoms with Gasteiger partial charge in [-0.3, -0.25) is 0 Å². The third kappa shape index (κ3) is 2.21. The van der Waals surface area contributed by atoms with Crippen LogP contribution in [0.25, 0.3) is 5.69 Å². The van der Waals surface area contributed by atoms with Crippen molar-refractivity contribution in [1.29, 1.82) is 0 Å². The second-order valence-electron chi connectivity index (χ2n) is 3.02. The Balaban J connectivity index is 2.54. The zero-order chi connectivity index (χ0) is 11.8. The van der Waals surface area contributed by atoms with Gasteiger partial charge in [0.25, 0.3) is 9.05 Å². The number of benzene rings is 1. The normalized spacial score (nSPS) is 11.6. The number of hydrogen-bond acceptors (Lipinski definition) is 3. The van der Waals surface area contributed by atoms with Gasteiger partial charge in [0.2, 0.25) is 0 Å². The first kappa shape index (κ1) is 11.4. The van der Waals surface area contributed by atoms with E-state index in [0.29, 0.717) is 10.7 Å². The summed E-state index contributed by atoms with van der Waals surface area (Å²) < 4.78 is 23.8.